The number of hydrogen-bond donors (Lipinski definition) is 1. The van der Waals surface area contributed by atoms with Crippen LogP contribution in [0, 0.1) is 0 Å². The third-order valence-corrected chi connectivity index (χ3v) is 6.12. The van der Waals surface area contributed by atoms with Gasteiger partial charge in [0.25, 0.3) is 5.91 Å². The lowest BCUT2D eigenvalue weighted by Gasteiger charge is -2.05. The minimum Gasteiger partial charge on any atom is -0.468 e. The number of amides is 1. The van der Waals surface area contributed by atoms with Crippen LogP contribution in [0.4, 0.5) is 0 Å². The highest BCUT2D eigenvalue weighted by Gasteiger charge is 2.14. The smallest absolute Gasteiger partial charge is 0.256 e. The van der Waals surface area contributed by atoms with Gasteiger partial charge in [-0.1, -0.05) is 29.3 Å². The molecule has 9 heteroatoms. The molecule has 0 aliphatic carbocycles. The van der Waals surface area contributed by atoms with Crippen molar-refractivity contribution in [1.29, 1.82) is 0 Å². The molecule has 4 aromatic rings. The third kappa shape index (κ3) is 4.98. The van der Waals surface area contributed by atoms with Gasteiger partial charge in [0.15, 0.2) is 5.65 Å². The molecule has 0 bridgehead atoms. The molecule has 0 radical (unpaired) electrons. The first-order chi connectivity index (χ1) is 14.6. The van der Waals surface area contributed by atoms with Gasteiger partial charge in [0, 0.05) is 31.1 Å². The number of fused-ring (bicyclic) bond motifs is 1. The summed E-state index contributed by atoms with van der Waals surface area (Å²) < 4.78 is 6.90. The summed E-state index contributed by atoms with van der Waals surface area (Å²) in [7, 11) is 0. The van der Waals surface area contributed by atoms with E-state index in [0.29, 0.717) is 34.2 Å². The lowest BCUT2D eigenvalue weighted by Crippen LogP contribution is -2.25. The zero-order valence-electron chi connectivity index (χ0n) is 15.8. The van der Waals surface area contributed by atoms with E-state index in [2.05, 4.69) is 15.4 Å². The fraction of sp³-hybridized carbons (Fsp3) is 0.190. The van der Waals surface area contributed by atoms with Crippen molar-refractivity contribution >= 4 is 46.5 Å². The molecule has 1 amide bonds. The number of hydrogen-bond acceptors (Lipinski definition) is 5. The van der Waals surface area contributed by atoms with Crippen LogP contribution in [-0.4, -0.2) is 32.8 Å². The van der Waals surface area contributed by atoms with Gasteiger partial charge in [-0.25, -0.2) is 9.50 Å². The van der Waals surface area contributed by atoms with Gasteiger partial charge in [-0.3, -0.25) is 4.79 Å². The van der Waals surface area contributed by atoms with Crippen LogP contribution >= 0.6 is 35.0 Å². The summed E-state index contributed by atoms with van der Waals surface area (Å²) in [5, 5.41) is 8.23. The summed E-state index contributed by atoms with van der Waals surface area (Å²) in [6.07, 6.45) is 7.44. The normalized spacial score (nSPS) is 11.1. The van der Waals surface area contributed by atoms with Crippen LogP contribution in [0.2, 0.25) is 10.0 Å². The van der Waals surface area contributed by atoms with E-state index < -0.39 is 0 Å². The molecule has 4 rings (SSSR count). The van der Waals surface area contributed by atoms with Gasteiger partial charge in [-0.2, -0.15) is 16.9 Å². The number of nitrogens with one attached hydrogen (secondary N) is 1. The second-order valence-electron chi connectivity index (χ2n) is 6.60. The lowest BCUT2D eigenvalue weighted by molar-refractivity contribution is 0.0957. The number of furan rings is 1. The average molecular weight is 461 g/mol. The van der Waals surface area contributed by atoms with Crippen LogP contribution in [0.1, 0.15) is 27.2 Å². The Morgan fingerprint density at radius 2 is 2.07 bits per heavy atom. The monoisotopic (exact) mass is 460 g/mol. The van der Waals surface area contributed by atoms with Gasteiger partial charge in [-0.05, 0) is 35.4 Å². The molecule has 0 aliphatic rings. The van der Waals surface area contributed by atoms with Crippen molar-refractivity contribution in [2.75, 3.05) is 12.3 Å². The maximum absolute atomic E-state index is 12.5. The van der Waals surface area contributed by atoms with E-state index in [1.807, 2.05) is 30.5 Å². The van der Waals surface area contributed by atoms with Crippen LogP contribution in [0.25, 0.3) is 5.65 Å². The molecule has 0 spiro atoms. The molecule has 3 heterocycles. The first-order valence-corrected chi connectivity index (χ1v) is 11.2. The summed E-state index contributed by atoms with van der Waals surface area (Å²) in [6, 6.07) is 9.33. The van der Waals surface area contributed by atoms with Crippen LogP contribution in [0.15, 0.2) is 59.6 Å². The van der Waals surface area contributed by atoms with Gasteiger partial charge in [0.2, 0.25) is 0 Å². The third-order valence-electron chi connectivity index (χ3n) is 4.40. The second kappa shape index (κ2) is 9.55. The standard InChI is InChI=1S/C21H18Cl2N4O2S/c22-18-4-3-14(9-19(18)23)8-15-10-25-20-17(11-26-27(20)12-15)21(28)24-5-7-30-13-16-2-1-6-29-16/h1-4,6,9-12H,5,7-8,13H2,(H,24,28). The number of halogens is 2. The van der Waals surface area contributed by atoms with E-state index in [0.717, 1.165) is 28.4 Å². The molecule has 1 N–H and O–H groups in total. The molecule has 3 aromatic heterocycles. The minimum atomic E-state index is -0.187. The zero-order valence-corrected chi connectivity index (χ0v) is 18.2. The molecule has 0 fully saturated rings. The van der Waals surface area contributed by atoms with Crippen molar-refractivity contribution in [1.82, 2.24) is 19.9 Å². The molecule has 0 saturated heterocycles. The number of nitrogens with zero attached hydrogens (tertiary/aromatic N) is 3. The average Bonchev–Trinajstić information content (AvgIpc) is 3.40. The highest BCUT2D eigenvalue weighted by molar-refractivity contribution is 7.98. The Kier molecular flexibility index (Phi) is 6.62. The molecule has 30 heavy (non-hydrogen) atoms. The number of rotatable bonds is 8. The number of thioether (sulfide) groups is 1. The molecule has 0 saturated carbocycles. The van der Waals surface area contributed by atoms with E-state index >= 15 is 0 Å². The fourth-order valence-electron chi connectivity index (χ4n) is 2.95. The van der Waals surface area contributed by atoms with Gasteiger partial charge >= 0.3 is 0 Å². The second-order valence-corrected chi connectivity index (χ2v) is 8.52. The van der Waals surface area contributed by atoms with Crippen LogP contribution in [-0.2, 0) is 12.2 Å². The van der Waals surface area contributed by atoms with Gasteiger partial charge in [0.1, 0.15) is 11.3 Å². The Bertz CT molecular complexity index is 1160. The minimum absolute atomic E-state index is 0.187. The van der Waals surface area contributed by atoms with Crippen molar-refractivity contribution in [3.05, 3.63) is 87.7 Å². The quantitative estimate of drug-likeness (QED) is 0.379. The number of carbonyl (C=O) groups excluding carboxylic acids is 1. The predicted molar refractivity (Wildman–Crippen MR) is 119 cm³/mol. The van der Waals surface area contributed by atoms with Crippen molar-refractivity contribution in [3.8, 4) is 0 Å². The summed E-state index contributed by atoms with van der Waals surface area (Å²) >= 11 is 13.8. The largest absolute Gasteiger partial charge is 0.468 e. The van der Waals surface area contributed by atoms with Crippen LogP contribution in [0.5, 0.6) is 0 Å². The van der Waals surface area contributed by atoms with Gasteiger partial charge < -0.3 is 9.73 Å². The lowest BCUT2D eigenvalue weighted by atomic mass is 10.1. The predicted octanol–water partition coefficient (Wildman–Crippen LogP) is 4.88. The maximum atomic E-state index is 12.5. The summed E-state index contributed by atoms with van der Waals surface area (Å²) in [5.74, 6) is 2.30. The number of carbonyl (C=O) groups is 1. The van der Waals surface area contributed by atoms with Gasteiger partial charge in [0.05, 0.1) is 28.3 Å². The molecule has 0 atom stereocenters. The molecule has 6 nitrogen and oxygen atoms in total. The van der Waals surface area contributed by atoms with E-state index in [1.165, 1.54) is 6.20 Å². The van der Waals surface area contributed by atoms with Crippen molar-refractivity contribution < 1.29 is 9.21 Å². The van der Waals surface area contributed by atoms with E-state index in [9.17, 15) is 4.79 Å². The van der Waals surface area contributed by atoms with Crippen LogP contribution < -0.4 is 5.32 Å². The number of benzene rings is 1. The molecular formula is C21H18Cl2N4O2S. The van der Waals surface area contributed by atoms with Crippen molar-refractivity contribution in [2.45, 2.75) is 12.2 Å². The molecule has 1 aromatic carbocycles. The van der Waals surface area contributed by atoms with Gasteiger partial charge in [-0.15, -0.1) is 0 Å². The van der Waals surface area contributed by atoms with Crippen molar-refractivity contribution in [2.24, 2.45) is 0 Å². The Labute approximate surface area is 187 Å². The zero-order chi connectivity index (χ0) is 20.9. The summed E-state index contributed by atoms with van der Waals surface area (Å²) in [4.78, 5) is 16.9. The Morgan fingerprint density at radius 1 is 1.17 bits per heavy atom. The summed E-state index contributed by atoms with van der Waals surface area (Å²) in [6.45, 7) is 0.553. The van der Waals surface area contributed by atoms with Crippen molar-refractivity contribution in [3.63, 3.8) is 0 Å². The first kappa shape index (κ1) is 20.8. The topological polar surface area (TPSA) is 72.4 Å². The van der Waals surface area contributed by atoms with E-state index in [4.69, 9.17) is 27.6 Å². The maximum Gasteiger partial charge on any atom is 0.256 e. The Hall–Kier alpha value is -2.48. The Balaban J connectivity index is 1.35. The SMILES string of the molecule is O=C(NCCSCc1ccco1)c1cnn2cc(Cc3ccc(Cl)c(Cl)c3)cnc12. The number of aromatic nitrogens is 3. The molecular weight excluding hydrogens is 443 g/mol. The molecule has 154 valence electrons. The first-order valence-electron chi connectivity index (χ1n) is 9.24. The molecule has 0 unspecified atom stereocenters. The fourth-order valence-corrected chi connectivity index (χ4v) is 4.03. The Morgan fingerprint density at radius 3 is 2.87 bits per heavy atom. The van der Waals surface area contributed by atoms with Crippen LogP contribution in [0.3, 0.4) is 0 Å². The van der Waals surface area contributed by atoms with E-state index in [1.54, 1.807) is 34.8 Å². The van der Waals surface area contributed by atoms with E-state index in [-0.39, 0.29) is 5.91 Å². The highest BCUT2D eigenvalue weighted by Crippen LogP contribution is 2.24. The highest BCUT2D eigenvalue weighted by atomic mass is 35.5. The summed E-state index contributed by atoms with van der Waals surface area (Å²) in [5.41, 5.74) is 2.94. The molecule has 0 aliphatic heterocycles.